The number of aryl methyl sites for hydroxylation is 1. The maximum absolute atomic E-state index is 12.1. The number of carbonyl (C=O) groups is 2. The molecule has 1 atom stereocenters. The highest BCUT2D eigenvalue weighted by molar-refractivity contribution is 6.35. The van der Waals surface area contributed by atoms with Crippen LogP contribution >= 0.6 is 23.2 Å². The van der Waals surface area contributed by atoms with Gasteiger partial charge in [-0.05, 0) is 54.8 Å². The Balaban J connectivity index is 1.90. The summed E-state index contributed by atoms with van der Waals surface area (Å²) in [6.07, 6.45) is 2.72. The summed E-state index contributed by atoms with van der Waals surface area (Å²) in [5.41, 5.74) is 2.45. The molecular weight excluding hydrogens is 373 g/mol. The fourth-order valence-electron chi connectivity index (χ4n) is 2.13. The number of ether oxygens (including phenoxy) is 1. The van der Waals surface area contributed by atoms with Crippen LogP contribution in [0, 0.1) is 0 Å². The molecule has 0 spiro atoms. The fourth-order valence-corrected chi connectivity index (χ4v) is 2.60. The van der Waals surface area contributed by atoms with E-state index < -0.39 is 18.0 Å². The Kier molecular flexibility index (Phi) is 7.25. The summed E-state index contributed by atoms with van der Waals surface area (Å²) in [6, 6.07) is 12.4. The number of hydrogen-bond donors (Lipinski definition) is 1. The van der Waals surface area contributed by atoms with Gasteiger partial charge in [-0.2, -0.15) is 0 Å². The Bertz CT molecular complexity index is 816. The van der Waals surface area contributed by atoms with Crippen LogP contribution < -0.4 is 5.32 Å². The molecule has 1 N–H and O–H groups in total. The van der Waals surface area contributed by atoms with Gasteiger partial charge in [-0.1, -0.05) is 48.3 Å². The van der Waals surface area contributed by atoms with Crippen LogP contribution in [-0.2, 0) is 20.7 Å². The van der Waals surface area contributed by atoms with Crippen LogP contribution in [0.1, 0.15) is 25.0 Å². The molecule has 0 saturated carbocycles. The van der Waals surface area contributed by atoms with Gasteiger partial charge < -0.3 is 10.1 Å². The van der Waals surface area contributed by atoms with Crippen molar-refractivity contribution >= 4 is 46.8 Å². The maximum Gasteiger partial charge on any atom is 0.331 e. The quantitative estimate of drug-likeness (QED) is 0.547. The topological polar surface area (TPSA) is 55.4 Å². The third kappa shape index (κ3) is 5.90. The van der Waals surface area contributed by atoms with Crippen molar-refractivity contribution in [3.05, 3.63) is 69.7 Å². The van der Waals surface area contributed by atoms with E-state index in [2.05, 4.69) is 12.2 Å². The fraction of sp³-hybridized carbons (Fsp3) is 0.200. The molecule has 2 aromatic rings. The minimum Gasteiger partial charge on any atom is -0.449 e. The summed E-state index contributed by atoms with van der Waals surface area (Å²) >= 11 is 11.9. The van der Waals surface area contributed by atoms with Crippen LogP contribution in [0.2, 0.25) is 10.0 Å². The molecule has 0 aromatic heterocycles. The van der Waals surface area contributed by atoms with Crippen LogP contribution in [0.5, 0.6) is 0 Å². The molecule has 2 rings (SSSR count). The molecule has 4 nitrogen and oxygen atoms in total. The standard InChI is InChI=1S/C20H19Cl2NO3/c1-3-14-4-9-17(10-5-14)23-20(25)13(2)26-19(24)11-7-15-6-8-16(21)12-18(15)22/h4-13H,3H2,1-2H3,(H,23,25)/b11-7+/t13-/m1/s1. The van der Waals surface area contributed by atoms with Crippen molar-refractivity contribution in [1.29, 1.82) is 0 Å². The van der Waals surface area contributed by atoms with Crippen molar-refractivity contribution < 1.29 is 14.3 Å². The van der Waals surface area contributed by atoms with E-state index in [1.807, 2.05) is 24.3 Å². The van der Waals surface area contributed by atoms with Gasteiger partial charge in [0.05, 0.1) is 0 Å². The van der Waals surface area contributed by atoms with Gasteiger partial charge in [-0.25, -0.2) is 4.79 Å². The molecule has 136 valence electrons. The van der Waals surface area contributed by atoms with Crippen molar-refractivity contribution in [2.45, 2.75) is 26.4 Å². The van der Waals surface area contributed by atoms with Crippen molar-refractivity contribution in [2.24, 2.45) is 0 Å². The van der Waals surface area contributed by atoms with Gasteiger partial charge in [0.2, 0.25) is 0 Å². The van der Waals surface area contributed by atoms with Crippen LogP contribution in [0.4, 0.5) is 5.69 Å². The van der Waals surface area contributed by atoms with Crippen LogP contribution in [0.15, 0.2) is 48.5 Å². The van der Waals surface area contributed by atoms with E-state index in [0.717, 1.165) is 6.42 Å². The summed E-state index contributed by atoms with van der Waals surface area (Å²) in [5, 5.41) is 3.64. The van der Waals surface area contributed by atoms with Gasteiger partial charge in [0.15, 0.2) is 6.10 Å². The van der Waals surface area contributed by atoms with Gasteiger partial charge in [-0.15, -0.1) is 0 Å². The first kappa shape index (κ1) is 20.0. The van der Waals surface area contributed by atoms with Gasteiger partial charge in [0.1, 0.15) is 0 Å². The minimum absolute atomic E-state index is 0.402. The van der Waals surface area contributed by atoms with Gasteiger partial charge in [0, 0.05) is 21.8 Å². The zero-order valence-corrected chi connectivity index (χ0v) is 16.0. The number of amides is 1. The molecule has 26 heavy (non-hydrogen) atoms. The summed E-state index contributed by atoms with van der Waals surface area (Å²) in [5.74, 6) is -1.04. The molecular formula is C20H19Cl2NO3. The first-order chi connectivity index (χ1) is 12.4. The molecule has 0 aliphatic carbocycles. The normalized spacial score (nSPS) is 12.0. The SMILES string of the molecule is CCc1ccc(NC(=O)[C@@H](C)OC(=O)/C=C/c2ccc(Cl)cc2Cl)cc1. The smallest absolute Gasteiger partial charge is 0.331 e. The molecule has 0 heterocycles. The Morgan fingerprint density at radius 1 is 1.15 bits per heavy atom. The van der Waals surface area contributed by atoms with E-state index in [4.69, 9.17) is 27.9 Å². The number of nitrogens with one attached hydrogen (secondary N) is 1. The van der Waals surface area contributed by atoms with Crippen molar-refractivity contribution in [1.82, 2.24) is 0 Å². The van der Waals surface area contributed by atoms with E-state index in [-0.39, 0.29) is 0 Å². The van der Waals surface area contributed by atoms with E-state index in [1.165, 1.54) is 24.6 Å². The number of halogens is 2. The maximum atomic E-state index is 12.1. The third-order valence-corrected chi connectivity index (χ3v) is 4.22. The molecule has 0 unspecified atom stereocenters. The second kappa shape index (κ2) is 9.41. The lowest BCUT2D eigenvalue weighted by Gasteiger charge is -2.12. The number of anilines is 1. The predicted octanol–water partition coefficient (Wildman–Crippen LogP) is 5.14. The van der Waals surface area contributed by atoms with Crippen molar-refractivity contribution in [2.75, 3.05) is 5.32 Å². The summed E-state index contributed by atoms with van der Waals surface area (Å²) in [4.78, 5) is 24.0. The van der Waals surface area contributed by atoms with Gasteiger partial charge in [-0.3, -0.25) is 4.79 Å². The lowest BCUT2D eigenvalue weighted by atomic mass is 10.1. The average molecular weight is 392 g/mol. The molecule has 0 aliphatic rings. The number of esters is 1. The predicted molar refractivity (Wildman–Crippen MR) is 105 cm³/mol. The van der Waals surface area contributed by atoms with Gasteiger partial charge >= 0.3 is 5.97 Å². The minimum atomic E-state index is -0.932. The zero-order chi connectivity index (χ0) is 19.1. The highest BCUT2D eigenvalue weighted by Crippen LogP contribution is 2.22. The summed E-state index contributed by atoms with van der Waals surface area (Å²) in [6.45, 7) is 3.57. The highest BCUT2D eigenvalue weighted by Gasteiger charge is 2.16. The molecule has 0 saturated heterocycles. The lowest BCUT2D eigenvalue weighted by molar-refractivity contribution is -0.148. The molecule has 1 amide bonds. The molecule has 0 bridgehead atoms. The zero-order valence-electron chi connectivity index (χ0n) is 14.5. The first-order valence-electron chi connectivity index (χ1n) is 8.12. The Hall–Kier alpha value is -2.30. The van der Waals surface area contributed by atoms with Crippen LogP contribution in [0.3, 0.4) is 0 Å². The molecule has 0 fully saturated rings. The average Bonchev–Trinajstić information content (AvgIpc) is 2.61. The lowest BCUT2D eigenvalue weighted by Crippen LogP contribution is -2.29. The Labute approximate surface area is 162 Å². The van der Waals surface area contributed by atoms with E-state index in [0.29, 0.717) is 21.3 Å². The third-order valence-electron chi connectivity index (χ3n) is 3.65. The van der Waals surface area contributed by atoms with E-state index in [9.17, 15) is 9.59 Å². The monoisotopic (exact) mass is 391 g/mol. The Morgan fingerprint density at radius 3 is 2.46 bits per heavy atom. The Morgan fingerprint density at radius 2 is 1.85 bits per heavy atom. The second-order valence-electron chi connectivity index (χ2n) is 5.62. The van der Waals surface area contributed by atoms with Crippen molar-refractivity contribution in [3.63, 3.8) is 0 Å². The van der Waals surface area contributed by atoms with Crippen LogP contribution in [0.25, 0.3) is 6.08 Å². The first-order valence-corrected chi connectivity index (χ1v) is 8.88. The molecule has 2 aromatic carbocycles. The van der Waals surface area contributed by atoms with Gasteiger partial charge in [0.25, 0.3) is 5.91 Å². The second-order valence-corrected chi connectivity index (χ2v) is 6.46. The molecule has 0 aliphatic heterocycles. The number of carbonyl (C=O) groups excluding carboxylic acids is 2. The number of benzene rings is 2. The summed E-state index contributed by atoms with van der Waals surface area (Å²) in [7, 11) is 0. The summed E-state index contributed by atoms with van der Waals surface area (Å²) < 4.78 is 5.11. The van der Waals surface area contributed by atoms with E-state index >= 15 is 0 Å². The van der Waals surface area contributed by atoms with Crippen LogP contribution in [-0.4, -0.2) is 18.0 Å². The number of rotatable bonds is 6. The largest absolute Gasteiger partial charge is 0.449 e. The van der Waals surface area contributed by atoms with Crippen molar-refractivity contribution in [3.8, 4) is 0 Å². The molecule has 6 heteroatoms. The van der Waals surface area contributed by atoms with E-state index in [1.54, 1.807) is 18.2 Å². The number of hydrogen-bond acceptors (Lipinski definition) is 3. The molecule has 0 radical (unpaired) electrons. The highest BCUT2D eigenvalue weighted by atomic mass is 35.5.